The Morgan fingerprint density at radius 3 is 2.82 bits per heavy atom. The number of nitrogens with zero attached hydrogens (tertiary/aromatic N) is 1. The van der Waals surface area contributed by atoms with Gasteiger partial charge in [-0.3, -0.25) is 10.1 Å². The number of hydrogen-bond acceptors (Lipinski definition) is 3. The fourth-order valence-corrected chi connectivity index (χ4v) is 1.85. The van der Waals surface area contributed by atoms with Crippen LogP contribution in [0.15, 0.2) is 18.2 Å². The predicted molar refractivity (Wildman–Crippen MR) is 70.7 cm³/mol. The Bertz CT molecular complexity index is 396. The van der Waals surface area contributed by atoms with Crippen molar-refractivity contribution in [3.8, 4) is 0 Å². The van der Waals surface area contributed by atoms with E-state index in [1.807, 2.05) is 0 Å². The van der Waals surface area contributed by atoms with Crippen LogP contribution in [-0.2, 0) is 0 Å². The smallest absolute Gasteiger partial charge is 0.293 e. The van der Waals surface area contributed by atoms with Crippen molar-refractivity contribution in [2.45, 2.75) is 26.7 Å². The second-order valence-electron chi connectivity index (χ2n) is 4.19. The third kappa shape index (κ3) is 4.23. The van der Waals surface area contributed by atoms with Crippen LogP contribution in [0.5, 0.6) is 0 Å². The number of halogens is 1. The van der Waals surface area contributed by atoms with E-state index in [1.165, 1.54) is 6.07 Å². The summed E-state index contributed by atoms with van der Waals surface area (Å²) in [5, 5.41) is 14.3. The molecule has 0 saturated carbocycles. The number of hydrogen-bond donors (Lipinski definition) is 1. The van der Waals surface area contributed by atoms with Crippen LogP contribution in [0.4, 0.5) is 11.4 Å². The molecule has 17 heavy (non-hydrogen) atoms. The lowest BCUT2D eigenvalue weighted by molar-refractivity contribution is -0.383. The van der Waals surface area contributed by atoms with Crippen molar-refractivity contribution < 1.29 is 4.92 Å². The predicted octanol–water partition coefficient (Wildman–Crippen LogP) is 4.10. The lowest BCUT2D eigenvalue weighted by Gasteiger charge is -2.12. The van der Waals surface area contributed by atoms with Gasteiger partial charge in [0, 0.05) is 17.6 Å². The average Bonchev–Trinajstić information content (AvgIpc) is 2.27. The van der Waals surface area contributed by atoms with Crippen LogP contribution in [-0.4, -0.2) is 11.5 Å². The minimum atomic E-state index is -0.418. The Morgan fingerprint density at radius 2 is 2.24 bits per heavy atom. The standard InChI is InChI=1S/C12H17ClN2O2/c1-3-4-9(2)8-14-11-6-5-10(13)7-12(11)15(16)17/h5-7,9,14H,3-4,8H2,1-2H3. The summed E-state index contributed by atoms with van der Waals surface area (Å²) in [7, 11) is 0. The van der Waals surface area contributed by atoms with Gasteiger partial charge in [0.15, 0.2) is 0 Å². The van der Waals surface area contributed by atoms with Crippen molar-refractivity contribution in [3.63, 3.8) is 0 Å². The fraction of sp³-hybridized carbons (Fsp3) is 0.500. The first-order valence-corrected chi connectivity index (χ1v) is 6.10. The van der Waals surface area contributed by atoms with Gasteiger partial charge in [-0.25, -0.2) is 0 Å². The maximum absolute atomic E-state index is 10.9. The van der Waals surface area contributed by atoms with Crippen molar-refractivity contribution in [2.75, 3.05) is 11.9 Å². The SMILES string of the molecule is CCCC(C)CNc1ccc(Cl)cc1[N+](=O)[O-]. The van der Waals surface area contributed by atoms with Gasteiger partial charge in [-0.05, 0) is 24.5 Å². The zero-order valence-electron chi connectivity index (χ0n) is 10.1. The van der Waals surface area contributed by atoms with Gasteiger partial charge in [-0.15, -0.1) is 0 Å². The number of nitro groups is 1. The molecule has 1 rings (SSSR count). The van der Waals surface area contributed by atoms with Crippen molar-refractivity contribution in [1.29, 1.82) is 0 Å². The van der Waals surface area contributed by atoms with Crippen LogP contribution in [0.2, 0.25) is 5.02 Å². The molecule has 1 aromatic carbocycles. The van der Waals surface area contributed by atoms with E-state index in [-0.39, 0.29) is 5.69 Å². The van der Waals surface area contributed by atoms with E-state index in [2.05, 4.69) is 19.2 Å². The van der Waals surface area contributed by atoms with Crippen LogP contribution < -0.4 is 5.32 Å². The minimum Gasteiger partial charge on any atom is -0.379 e. The molecule has 1 unspecified atom stereocenters. The maximum Gasteiger partial charge on any atom is 0.293 e. The van der Waals surface area contributed by atoms with Crippen molar-refractivity contribution >= 4 is 23.0 Å². The molecular weight excluding hydrogens is 240 g/mol. The number of anilines is 1. The summed E-state index contributed by atoms with van der Waals surface area (Å²) in [6, 6.07) is 4.68. The monoisotopic (exact) mass is 256 g/mol. The zero-order valence-corrected chi connectivity index (χ0v) is 10.8. The average molecular weight is 257 g/mol. The third-order valence-electron chi connectivity index (χ3n) is 2.58. The van der Waals surface area contributed by atoms with Gasteiger partial charge in [0.1, 0.15) is 5.69 Å². The second kappa shape index (κ2) is 6.45. The van der Waals surface area contributed by atoms with Gasteiger partial charge < -0.3 is 5.32 Å². The summed E-state index contributed by atoms with van der Waals surface area (Å²) in [4.78, 5) is 10.4. The van der Waals surface area contributed by atoms with E-state index in [0.29, 0.717) is 16.6 Å². The summed E-state index contributed by atoms with van der Waals surface area (Å²) in [6.07, 6.45) is 2.22. The van der Waals surface area contributed by atoms with Crippen LogP contribution in [0.3, 0.4) is 0 Å². The summed E-state index contributed by atoms with van der Waals surface area (Å²) in [6.45, 7) is 4.98. The molecule has 0 fully saturated rings. The zero-order chi connectivity index (χ0) is 12.8. The topological polar surface area (TPSA) is 55.2 Å². The second-order valence-corrected chi connectivity index (χ2v) is 4.63. The maximum atomic E-state index is 10.9. The molecule has 0 heterocycles. The molecule has 0 aromatic heterocycles. The van der Waals surface area contributed by atoms with Gasteiger partial charge in [0.25, 0.3) is 5.69 Å². The quantitative estimate of drug-likeness (QED) is 0.616. The molecule has 0 radical (unpaired) electrons. The van der Waals surface area contributed by atoms with Gasteiger partial charge in [-0.1, -0.05) is 31.9 Å². The van der Waals surface area contributed by atoms with E-state index in [0.717, 1.165) is 19.4 Å². The van der Waals surface area contributed by atoms with Gasteiger partial charge >= 0.3 is 0 Å². The largest absolute Gasteiger partial charge is 0.379 e. The normalized spacial score (nSPS) is 12.2. The molecule has 0 bridgehead atoms. The molecule has 0 aliphatic carbocycles. The highest BCUT2D eigenvalue weighted by molar-refractivity contribution is 6.30. The summed E-state index contributed by atoms with van der Waals surface area (Å²) >= 11 is 5.74. The lowest BCUT2D eigenvalue weighted by Crippen LogP contribution is -2.12. The van der Waals surface area contributed by atoms with E-state index < -0.39 is 4.92 Å². The summed E-state index contributed by atoms with van der Waals surface area (Å²) in [5.74, 6) is 0.496. The molecule has 0 saturated heterocycles. The number of nitro benzene ring substituents is 1. The molecule has 94 valence electrons. The summed E-state index contributed by atoms with van der Waals surface area (Å²) in [5.41, 5.74) is 0.559. The van der Waals surface area contributed by atoms with Gasteiger partial charge in [-0.2, -0.15) is 0 Å². The molecular formula is C12H17ClN2O2. The number of benzene rings is 1. The molecule has 1 atom stereocenters. The van der Waals surface area contributed by atoms with Crippen LogP contribution in [0, 0.1) is 16.0 Å². The van der Waals surface area contributed by atoms with Crippen LogP contribution in [0.1, 0.15) is 26.7 Å². The van der Waals surface area contributed by atoms with Crippen molar-refractivity contribution in [2.24, 2.45) is 5.92 Å². The van der Waals surface area contributed by atoms with E-state index in [4.69, 9.17) is 11.6 Å². The van der Waals surface area contributed by atoms with E-state index in [9.17, 15) is 10.1 Å². The van der Waals surface area contributed by atoms with Gasteiger partial charge in [0.2, 0.25) is 0 Å². The Balaban J connectivity index is 2.73. The van der Waals surface area contributed by atoms with Gasteiger partial charge in [0.05, 0.1) is 4.92 Å². The summed E-state index contributed by atoms with van der Waals surface area (Å²) < 4.78 is 0. The van der Waals surface area contributed by atoms with Crippen molar-refractivity contribution in [1.82, 2.24) is 0 Å². The molecule has 0 aliphatic heterocycles. The molecule has 1 aromatic rings. The first-order valence-electron chi connectivity index (χ1n) is 5.72. The molecule has 5 heteroatoms. The number of rotatable bonds is 6. The number of nitrogens with one attached hydrogen (secondary N) is 1. The first kappa shape index (κ1) is 13.8. The molecule has 0 spiro atoms. The Hall–Kier alpha value is -1.29. The van der Waals surface area contributed by atoms with Crippen LogP contribution >= 0.6 is 11.6 Å². The molecule has 1 N–H and O–H groups in total. The van der Waals surface area contributed by atoms with E-state index >= 15 is 0 Å². The van der Waals surface area contributed by atoms with Crippen LogP contribution in [0.25, 0.3) is 0 Å². The fourth-order valence-electron chi connectivity index (χ4n) is 1.68. The highest BCUT2D eigenvalue weighted by Gasteiger charge is 2.14. The van der Waals surface area contributed by atoms with Crippen molar-refractivity contribution in [3.05, 3.63) is 33.3 Å². The Kier molecular flexibility index (Phi) is 5.22. The first-order chi connectivity index (χ1) is 8.04. The molecule has 0 aliphatic rings. The lowest BCUT2D eigenvalue weighted by atomic mass is 10.1. The Labute approximate surface area is 106 Å². The molecule has 4 nitrogen and oxygen atoms in total. The Morgan fingerprint density at radius 1 is 1.53 bits per heavy atom. The van der Waals surface area contributed by atoms with E-state index in [1.54, 1.807) is 12.1 Å². The highest BCUT2D eigenvalue weighted by atomic mass is 35.5. The molecule has 0 amide bonds. The minimum absolute atomic E-state index is 0.0289. The third-order valence-corrected chi connectivity index (χ3v) is 2.81. The highest BCUT2D eigenvalue weighted by Crippen LogP contribution is 2.27.